The lowest BCUT2D eigenvalue weighted by atomic mass is 10.3. The number of phosphoric ester groups is 1. The molecule has 0 bridgehead atoms. The number of hydrogen-bond donors (Lipinski definition) is 1. The van der Waals surface area contributed by atoms with E-state index < -0.39 is 24.7 Å². The Bertz CT molecular complexity index is 332. The lowest BCUT2D eigenvalue weighted by Crippen LogP contribution is -2.12. The van der Waals surface area contributed by atoms with Crippen LogP contribution in [0, 0.1) is 0 Å². The van der Waals surface area contributed by atoms with E-state index in [0.717, 1.165) is 6.26 Å². The van der Waals surface area contributed by atoms with Crippen molar-refractivity contribution in [2.45, 2.75) is 26.4 Å². The second-order valence-corrected chi connectivity index (χ2v) is 7.35. The van der Waals surface area contributed by atoms with Crippen molar-refractivity contribution in [3.05, 3.63) is 10.8 Å². The zero-order valence-corrected chi connectivity index (χ0v) is 12.7. The normalized spacial score (nSPS) is 17.9. The first-order valence-corrected chi connectivity index (χ1v) is 8.56. The Hall–Kier alpha value is 0.420. The van der Waals surface area contributed by atoms with Crippen molar-refractivity contribution in [2.24, 2.45) is 0 Å². The molecule has 0 aliphatic carbocycles. The molecule has 0 aromatic heterocycles. The Morgan fingerprint density at radius 2 is 2.18 bits per heavy atom. The lowest BCUT2D eigenvalue weighted by molar-refractivity contribution is 0.137. The van der Waals surface area contributed by atoms with Crippen LogP contribution in [0.1, 0.15) is 20.3 Å². The standard InChI is InChI=1S/C8H15Cl2O5PS/c1-3-17(13)5-4-7(2)15-16(11,12)14-6-8(9)10/h6-7H,3-5H2,1-2H3,(H,11,12). The molecule has 0 aromatic carbocycles. The van der Waals surface area contributed by atoms with Crippen LogP contribution in [0.15, 0.2) is 10.8 Å². The summed E-state index contributed by atoms with van der Waals surface area (Å²) < 4.78 is 31.3. The summed E-state index contributed by atoms with van der Waals surface area (Å²) in [6.45, 7) is 3.39. The van der Waals surface area contributed by atoms with Crippen molar-refractivity contribution < 1.29 is 22.7 Å². The van der Waals surface area contributed by atoms with Crippen molar-refractivity contribution in [3.63, 3.8) is 0 Å². The van der Waals surface area contributed by atoms with Gasteiger partial charge < -0.3 is 4.52 Å². The highest BCUT2D eigenvalue weighted by Gasteiger charge is 2.24. The lowest BCUT2D eigenvalue weighted by Gasteiger charge is -2.15. The fourth-order valence-electron chi connectivity index (χ4n) is 0.853. The smallest absolute Gasteiger partial charge is 0.410 e. The van der Waals surface area contributed by atoms with Gasteiger partial charge in [0.25, 0.3) is 0 Å². The Morgan fingerprint density at radius 3 is 2.65 bits per heavy atom. The molecule has 0 aliphatic rings. The van der Waals surface area contributed by atoms with Crippen LogP contribution < -0.4 is 0 Å². The SMILES string of the molecule is CCS(=O)CCC(C)OP(=O)(O)OC=C(Cl)Cl. The predicted octanol–water partition coefficient (Wildman–Crippen LogP) is 2.94. The molecule has 0 saturated carbocycles. The van der Waals surface area contributed by atoms with Crippen molar-refractivity contribution in [3.8, 4) is 0 Å². The molecule has 0 aromatic rings. The van der Waals surface area contributed by atoms with Crippen LogP contribution in [0.2, 0.25) is 0 Å². The zero-order chi connectivity index (χ0) is 13.5. The maximum absolute atomic E-state index is 11.3. The van der Waals surface area contributed by atoms with Crippen molar-refractivity contribution >= 4 is 41.8 Å². The van der Waals surface area contributed by atoms with E-state index in [2.05, 4.69) is 4.52 Å². The Labute approximate surface area is 113 Å². The number of rotatable bonds is 8. The monoisotopic (exact) mass is 324 g/mol. The summed E-state index contributed by atoms with van der Waals surface area (Å²) in [5, 5.41) is 0. The Balaban J connectivity index is 4.09. The van der Waals surface area contributed by atoms with E-state index in [4.69, 9.17) is 27.7 Å². The molecule has 1 N–H and O–H groups in total. The summed E-state index contributed by atoms with van der Waals surface area (Å²) in [6.07, 6.45) is 0.567. The van der Waals surface area contributed by atoms with Gasteiger partial charge in [-0.2, -0.15) is 0 Å². The van der Waals surface area contributed by atoms with E-state index in [-0.39, 0.29) is 4.49 Å². The van der Waals surface area contributed by atoms with E-state index in [0.29, 0.717) is 17.9 Å². The predicted molar refractivity (Wildman–Crippen MR) is 69.4 cm³/mol. The van der Waals surface area contributed by atoms with Gasteiger partial charge in [0, 0.05) is 22.3 Å². The largest absolute Gasteiger partial charge is 0.527 e. The van der Waals surface area contributed by atoms with Crippen LogP contribution in [0.3, 0.4) is 0 Å². The second kappa shape index (κ2) is 8.51. The fourth-order valence-corrected chi connectivity index (χ4v) is 2.80. The molecule has 0 heterocycles. The highest BCUT2D eigenvalue weighted by atomic mass is 35.5. The first kappa shape index (κ1) is 17.4. The minimum absolute atomic E-state index is 0.289. The van der Waals surface area contributed by atoms with Crippen LogP contribution in [-0.2, 0) is 24.4 Å². The van der Waals surface area contributed by atoms with Crippen LogP contribution in [-0.4, -0.2) is 26.7 Å². The van der Waals surface area contributed by atoms with Gasteiger partial charge in [-0.3, -0.25) is 13.6 Å². The maximum atomic E-state index is 11.3. The van der Waals surface area contributed by atoms with Crippen molar-refractivity contribution in [1.29, 1.82) is 0 Å². The molecular weight excluding hydrogens is 310 g/mol. The highest BCUT2D eigenvalue weighted by Crippen LogP contribution is 2.45. The van der Waals surface area contributed by atoms with Crippen LogP contribution in [0.5, 0.6) is 0 Å². The van der Waals surface area contributed by atoms with Crippen LogP contribution >= 0.6 is 31.0 Å². The molecule has 9 heteroatoms. The van der Waals surface area contributed by atoms with Gasteiger partial charge in [0.1, 0.15) is 10.8 Å². The third kappa shape index (κ3) is 10.1. The van der Waals surface area contributed by atoms with Gasteiger partial charge in [-0.15, -0.1) is 0 Å². The summed E-state index contributed by atoms with van der Waals surface area (Å²) in [4.78, 5) is 9.23. The summed E-state index contributed by atoms with van der Waals surface area (Å²) >= 11 is 10.4. The molecule has 0 aliphatic heterocycles. The highest BCUT2D eigenvalue weighted by molar-refractivity contribution is 7.84. The van der Waals surface area contributed by atoms with E-state index in [9.17, 15) is 13.7 Å². The van der Waals surface area contributed by atoms with Gasteiger partial charge in [0.15, 0.2) is 0 Å². The van der Waals surface area contributed by atoms with E-state index in [1.807, 2.05) is 0 Å². The van der Waals surface area contributed by atoms with Gasteiger partial charge in [0.05, 0.1) is 6.10 Å². The molecule has 0 saturated heterocycles. The third-order valence-electron chi connectivity index (χ3n) is 1.66. The average molecular weight is 325 g/mol. The molecule has 5 nitrogen and oxygen atoms in total. The minimum Gasteiger partial charge on any atom is -0.410 e. The molecule has 0 radical (unpaired) electrons. The summed E-state index contributed by atoms with van der Waals surface area (Å²) in [5.74, 6) is 0.953. The van der Waals surface area contributed by atoms with Gasteiger partial charge in [-0.1, -0.05) is 30.1 Å². The zero-order valence-electron chi connectivity index (χ0n) is 9.47. The fraction of sp³-hybridized carbons (Fsp3) is 0.750. The van der Waals surface area contributed by atoms with Gasteiger partial charge in [0.2, 0.25) is 0 Å². The molecule has 0 spiro atoms. The molecule has 3 unspecified atom stereocenters. The number of halogens is 2. The first-order valence-electron chi connectivity index (χ1n) is 4.82. The molecule has 3 atom stereocenters. The van der Waals surface area contributed by atoms with Crippen LogP contribution in [0.25, 0.3) is 0 Å². The summed E-state index contributed by atoms with van der Waals surface area (Å²) in [6, 6.07) is 0. The molecule has 0 fully saturated rings. The van der Waals surface area contributed by atoms with Crippen molar-refractivity contribution in [1.82, 2.24) is 0 Å². The van der Waals surface area contributed by atoms with E-state index in [1.54, 1.807) is 13.8 Å². The second-order valence-electron chi connectivity index (χ2n) is 3.12. The Kier molecular flexibility index (Phi) is 8.72. The first-order chi connectivity index (χ1) is 7.76. The summed E-state index contributed by atoms with van der Waals surface area (Å²) in [7, 11) is -5.15. The quantitative estimate of drug-likeness (QED) is 0.549. The Morgan fingerprint density at radius 1 is 1.59 bits per heavy atom. The molecule has 102 valence electrons. The van der Waals surface area contributed by atoms with Gasteiger partial charge in [-0.05, 0) is 13.3 Å². The maximum Gasteiger partial charge on any atom is 0.527 e. The number of hydrogen-bond acceptors (Lipinski definition) is 4. The van der Waals surface area contributed by atoms with E-state index >= 15 is 0 Å². The molecule has 17 heavy (non-hydrogen) atoms. The van der Waals surface area contributed by atoms with Gasteiger partial charge in [-0.25, -0.2) is 4.57 Å². The average Bonchev–Trinajstić information content (AvgIpc) is 2.22. The molecular formula is C8H15Cl2O5PS. The topological polar surface area (TPSA) is 72.8 Å². The summed E-state index contributed by atoms with van der Waals surface area (Å²) in [5.41, 5.74) is 0. The van der Waals surface area contributed by atoms with Gasteiger partial charge >= 0.3 is 7.82 Å². The van der Waals surface area contributed by atoms with E-state index in [1.165, 1.54) is 0 Å². The molecule has 0 rings (SSSR count). The molecule has 0 amide bonds. The van der Waals surface area contributed by atoms with Crippen LogP contribution in [0.4, 0.5) is 0 Å². The number of phosphoric acid groups is 1. The van der Waals surface area contributed by atoms with Crippen molar-refractivity contribution in [2.75, 3.05) is 11.5 Å². The minimum atomic E-state index is -4.22. The third-order valence-corrected chi connectivity index (χ3v) is 4.17.